The summed E-state index contributed by atoms with van der Waals surface area (Å²) in [6.45, 7) is 5.13. The summed E-state index contributed by atoms with van der Waals surface area (Å²) < 4.78 is 17.1. The highest BCUT2D eigenvalue weighted by atomic mass is 16.5. The summed E-state index contributed by atoms with van der Waals surface area (Å²) in [7, 11) is 0. The second-order valence-corrected chi connectivity index (χ2v) is 8.46. The van der Waals surface area contributed by atoms with Gasteiger partial charge in [-0.2, -0.15) is 0 Å². The Balaban J connectivity index is 1.74. The van der Waals surface area contributed by atoms with E-state index < -0.39 is 23.5 Å². The van der Waals surface area contributed by atoms with Gasteiger partial charge in [0.05, 0.1) is 31.1 Å². The Morgan fingerprint density at radius 2 is 1.97 bits per heavy atom. The maximum Gasteiger partial charge on any atom is 0.290 e. The maximum absolute atomic E-state index is 13.4. The zero-order chi connectivity index (χ0) is 25.5. The number of carbonyl (C=O) groups excluding carboxylic acids is 2. The average Bonchev–Trinajstić information content (AvgIpc) is 3.51. The summed E-state index contributed by atoms with van der Waals surface area (Å²) in [4.78, 5) is 32.2. The van der Waals surface area contributed by atoms with Crippen LogP contribution in [0.4, 0.5) is 0 Å². The number of amides is 1. The predicted molar refractivity (Wildman–Crippen MR) is 133 cm³/mol. The van der Waals surface area contributed by atoms with Crippen molar-refractivity contribution in [2.75, 3.05) is 13.2 Å². The number of benzene rings is 1. The number of hydrogen-bond donors (Lipinski definition) is 1. The number of nitrogens with zero attached hydrogens (tertiary/aromatic N) is 2. The first-order valence-corrected chi connectivity index (χ1v) is 12.2. The fourth-order valence-electron chi connectivity index (χ4n) is 4.24. The van der Waals surface area contributed by atoms with Crippen molar-refractivity contribution in [3.05, 3.63) is 89.3 Å². The minimum absolute atomic E-state index is 0.0403. The molecule has 1 aromatic carbocycles. The van der Waals surface area contributed by atoms with Gasteiger partial charge in [0.2, 0.25) is 5.78 Å². The number of carbonyl (C=O) groups is 2. The summed E-state index contributed by atoms with van der Waals surface area (Å²) >= 11 is 0. The van der Waals surface area contributed by atoms with E-state index in [0.717, 1.165) is 24.8 Å². The van der Waals surface area contributed by atoms with Crippen molar-refractivity contribution in [3.63, 3.8) is 0 Å². The van der Waals surface area contributed by atoms with Gasteiger partial charge in [0.25, 0.3) is 5.91 Å². The molecule has 3 heterocycles. The number of rotatable bonds is 12. The van der Waals surface area contributed by atoms with Gasteiger partial charge in [-0.1, -0.05) is 31.9 Å². The second-order valence-electron chi connectivity index (χ2n) is 8.46. The molecule has 0 radical (unpaired) electrons. The lowest BCUT2D eigenvalue weighted by Crippen LogP contribution is -2.30. The Morgan fingerprint density at radius 1 is 1.11 bits per heavy atom. The summed E-state index contributed by atoms with van der Waals surface area (Å²) in [5.41, 5.74) is 1.32. The number of ether oxygens (including phenoxy) is 2. The fraction of sp³-hybridized carbons (Fsp3) is 0.321. The molecule has 0 spiro atoms. The van der Waals surface area contributed by atoms with Crippen molar-refractivity contribution in [2.45, 2.75) is 45.7 Å². The molecule has 8 heteroatoms. The largest absolute Gasteiger partial charge is 0.503 e. The molecular formula is C28H30N2O6. The highest BCUT2D eigenvalue weighted by Gasteiger charge is 2.44. The molecule has 0 saturated carbocycles. The number of hydrogen-bond acceptors (Lipinski definition) is 7. The van der Waals surface area contributed by atoms with Crippen LogP contribution in [0.5, 0.6) is 11.5 Å². The summed E-state index contributed by atoms with van der Waals surface area (Å²) in [5, 5.41) is 10.9. The van der Waals surface area contributed by atoms with Crippen LogP contribution >= 0.6 is 0 Å². The molecule has 0 fully saturated rings. The van der Waals surface area contributed by atoms with E-state index >= 15 is 0 Å². The highest BCUT2D eigenvalue weighted by molar-refractivity contribution is 6.15. The van der Waals surface area contributed by atoms with Gasteiger partial charge in [-0.05, 0) is 54.8 Å². The smallest absolute Gasteiger partial charge is 0.290 e. The minimum atomic E-state index is -0.858. The fourth-order valence-corrected chi connectivity index (χ4v) is 4.24. The Morgan fingerprint density at radius 3 is 2.67 bits per heavy atom. The van der Waals surface area contributed by atoms with Crippen molar-refractivity contribution in [2.24, 2.45) is 0 Å². The molecule has 0 aliphatic carbocycles. The van der Waals surface area contributed by atoms with Crippen molar-refractivity contribution >= 4 is 11.7 Å². The molecule has 8 nitrogen and oxygen atoms in total. The van der Waals surface area contributed by atoms with Crippen molar-refractivity contribution in [3.8, 4) is 11.5 Å². The molecule has 3 aromatic rings. The lowest BCUT2D eigenvalue weighted by atomic mass is 9.94. The van der Waals surface area contributed by atoms with Crippen LogP contribution in [0.2, 0.25) is 0 Å². The quantitative estimate of drug-likeness (QED) is 0.267. The van der Waals surface area contributed by atoms with Crippen molar-refractivity contribution < 1.29 is 28.6 Å². The zero-order valence-electron chi connectivity index (χ0n) is 20.5. The predicted octanol–water partition coefficient (Wildman–Crippen LogP) is 5.42. The number of Topliss-reactive ketones (excluding diaryl/α,β-unsaturated/α-hetero) is 1. The van der Waals surface area contributed by atoms with Crippen LogP contribution < -0.4 is 9.47 Å². The average molecular weight is 491 g/mol. The number of pyridine rings is 1. The van der Waals surface area contributed by atoms with Crippen molar-refractivity contribution in [1.82, 2.24) is 9.88 Å². The number of ketones is 1. The molecule has 1 unspecified atom stereocenters. The van der Waals surface area contributed by atoms with Crippen LogP contribution in [0.15, 0.2) is 76.9 Å². The lowest BCUT2D eigenvalue weighted by molar-refractivity contribution is -0.130. The molecule has 0 bridgehead atoms. The molecule has 1 atom stereocenters. The summed E-state index contributed by atoms with van der Waals surface area (Å²) in [6.07, 6.45) is 7.75. The maximum atomic E-state index is 13.4. The van der Waals surface area contributed by atoms with E-state index in [0.29, 0.717) is 30.3 Å². The molecule has 1 amide bonds. The van der Waals surface area contributed by atoms with E-state index in [4.69, 9.17) is 13.9 Å². The van der Waals surface area contributed by atoms with Gasteiger partial charge in [0.15, 0.2) is 23.0 Å². The first-order valence-electron chi connectivity index (χ1n) is 12.2. The van der Waals surface area contributed by atoms with Crippen LogP contribution in [0, 0.1) is 0 Å². The Kier molecular flexibility index (Phi) is 8.05. The minimum Gasteiger partial charge on any atom is -0.503 e. The van der Waals surface area contributed by atoms with E-state index in [2.05, 4.69) is 11.9 Å². The van der Waals surface area contributed by atoms with Gasteiger partial charge in [-0.3, -0.25) is 14.6 Å². The first-order chi connectivity index (χ1) is 17.5. The Labute approximate surface area is 210 Å². The number of furan rings is 1. The van der Waals surface area contributed by atoms with Crippen molar-refractivity contribution in [1.29, 1.82) is 0 Å². The van der Waals surface area contributed by atoms with E-state index in [9.17, 15) is 14.7 Å². The summed E-state index contributed by atoms with van der Waals surface area (Å²) in [6, 6.07) is 11.2. The Bertz CT molecular complexity index is 1220. The molecule has 0 saturated heterocycles. The van der Waals surface area contributed by atoms with E-state index in [1.807, 2.05) is 13.0 Å². The van der Waals surface area contributed by atoms with Gasteiger partial charge in [-0.15, -0.1) is 0 Å². The molecule has 1 aliphatic rings. The molecule has 1 aliphatic heterocycles. The Hall–Kier alpha value is -4.07. The molecule has 188 valence electrons. The molecule has 1 N–H and O–H groups in total. The first kappa shape index (κ1) is 25.0. The van der Waals surface area contributed by atoms with Crippen LogP contribution in [0.1, 0.15) is 60.8 Å². The van der Waals surface area contributed by atoms with Gasteiger partial charge in [0.1, 0.15) is 0 Å². The number of aliphatic hydroxyl groups excluding tert-OH is 1. The topological polar surface area (TPSA) is 102 Å². The molecule has 4 rings (SSSR count). The molecular weight excluding hydrogens is 460 g/mol. The monoisotopic (exact) mass is 490 g/mol. The lowest BCUT2D eigenvalue weighted by Gasteiger charge is -2.27. The second kappa shape index (κ2) is 11.6. The van der Waals surface area contributed by atoms with Gasteiger partial charge in [0, 0.05) is 18.9 Å². The highest BCUT2D eigenvalue weighted by Crippen LogP contribution is 2.42. The van der Waals surface area contributed by atoms with Crippen LogP contribution in [0.3, 0.4) is 0 Å². The van der Waals surface area contributed by atoms with Gasteiger partial charge in [-0.25, -0.2) is 0 Å². The number of aliphatic hydroxyl groups is 1. The van der Waals surface area contributed by atoms with E-state index in [1.165, 1.54) is 17.2 Å². The third-order valence-electron chi connectivity index (χ3n) is 5.96. The standard InChI is InChI=1S/C28H30N2O6/c1-3-5-6-14-35-21-12-11-20(16-23(21)34-4-2)25-24(26(31)22-10-8-15-36-22)27(32)28(33)30(25)18-19-9-7-13-29-17-19/h7-13,15-17,25,32H,3-6,14,18H2,1-2H3. The zero-order valence-corrected chi connectivity index (χ0v) is 20.5. The van der Waals surface area contributed by atoms with Crippen LogP contribution in [-0.4, -0.2) is 39.9 Å². The van der Waals surface area contributed by atoms with Crippen LogP contribution in [0.25, 0.3) is 0 Å². The van der Waals surface area contributed by atoms with E-state index in [-0.39, 0.29) is 17.9 Å². The molecule has 36 heavy (non-hydrogen) atoms. The van der Waals surface area contributed by atoms with Gasteiger partial charge < -0.3 is 23.9 Å². The summed E-state index contributed by atoms with van der Waals surface area (Å²) in [5.74, 6) is -0.649. The van der Waals surface area contributed by atoms with E-state index in [1.54, 1.807) is 42.7 Å². The van der Waals surface area contributed by atoms with Crippen LogP contribution in [-0.2, 0) is 11.3 Å². The normalized spacial score (nSPS) is 15.4. The third kappa shape index (κ3) is 5.27. The number of unbranched alkanes of at least 4 members (excludes halogenated alkanes) is 2. The van der Waals surface area contributed by atoms with Gasteiger partial charge >= 0.3 is 0 Å². The third-order valence-corrected chi connectivity index (χ3v) is 5.96. The SMILES string of the molecule is CCCCCOc1ccc(C2C(C(=O)c3ccco3)=C(O)C(=O)N2Cc2cccnc2)cc1OCC. The molecule has 2 aromatic heterocycles. The number of aromatic nitrogens is 1.